The monoisotopic (exact) mass is 344 g/mol. The average Bonchev–Trinajstić information content (AvgIpc) is 2.94. The summed E-state index contributed by atoms with van der Waals surface area (Å²) in [5.41, 5.74) is 0.342. The zero-order valence-electron chi connectivity index (χ0n) is 10.3. The van der Waals surface area contributed by atoms with E-state index in [1.165, 1.54) is 0 Å². The van der Waals surface area contributed by atoms with Gasteiger partial charge in [-0.1, -0.05) is 32.9 Å². The molecule has 2 rings (SSSR count). The number of hydrogen-bond donors (Lipinski definition) is 1. The Morgan fingerprint density at radius 3 is 2.24 bits per heavy atom. The Balaban J connectivity index is 2.40. The summed E-state index contributed by atoms with van der Waals surface area (Å²) >= 11 is 2.24. The van der Waals surface area contributed by atoms with Crippen LogP contribution in [0, 0.1) is 14.9 Å². The summed E-state index contributed by atoms with van der Waals surface area (Å²) < 4.78 is 1.14. The largest absolute Gasteiger partial charge is 0.481 e. The van der Waals surface area contributed by atoms with Crippen LogP contribution in [0.2, 0.25) is 0 Å². The molecular formula is C14H17IO2. The van der Waals surface area contributed by atoms with Gasteiger partial charge in [0.25, 0.3) is 0 Å². The molecule has 0 radical (unpaired) electrons. The summed E-state index contributed by atoms with van der Waals surface area (Å²) in [6.07, 6.45) is 0.756. The molecule has 2 nitrogen and oxygen atoms in total. The minimum absolute atomic E-state index is 0.0430. The van der Waals surface area contributed by atoms with E-state index in [0.29, 0.717) is 0 Å². The molecule has 0 amide bonds. The Morgan fingerprint density at radius 2 is 1.88 bits per heavy atom. The quantitative estimate of drug-likeness (QED) is 0.831. The van der Waals surface area contributed by atoms with Crippen LogP contribution in [0.4, 0.5) is 0 Å². The highest BCUT2D eigenvalue weighted by Crippen LogP contribution is 2.62. The maximum atomic E-state index is 11.6. The van der Waals surface area contributed by atoms with Crippen LogP contribution in [0.5, 0.6) is 0 Å². The molecule has 1 aromatic carbocycles. The van der Waals surface area contributed by atoms with Crippen LogP contribution < -0.4 is 0 Å². The van der Waals surface area contributed by atoms with Gasteiger partial charge in [0.2, 0.25) is 0 Å². The molecule has 0 aromatic heterocycles. The molecule has 1 fully saturated rings. The number of carboxylic acids is 1. The maximum absolute atomic E-state index is 11.6. The molecule has 0 bridgehead atoms. The molecule has 0 saturated heterocycles. The standard InChI is InChI=1S/C14H17IO2/c1-13(2,3)11-8-14(11,12(16)17)9-4-6-10(15)7-5-9/h4-7,11H,8H2,1-3H3,(H,16,17). The molecule has 1 aromatic rings. The fraction of sp³-hybridized carbons (Fsp3) is 0.500. The number of carbonyl (C=O) groups is 1. The van der Waals surface area contributed by atoms with Crippen molar-refractivity contribution in [3.8, 4) is 0 Å². The van der Waals surface area contributed by atoms with E-state index in [4.69, 9.17) is 0 Å². The van der Waals surface area contributed by atoms with E-state index in [1.54, 1.807) is 0 Å². The minimum atomic E-state index is -0.682. The van der Waals surface area contributed by atoms with Crippen molar-refractivity contribution in [3.05, 3.63) is 33.4 Å². The van der Waals surface area contributed by atoms with Gasteiger partial charge in [-0.15, -0.1) is 0 Å². The number of halogens is 1. The molecule has 1 saturated carbocycles. The van der Waals surface area contributed by atoms with Crippen molar-refractivity contribution >= 4 is 28.6 Å². The van der Waals surface area contributed by atoms with E-state index < -0.39 is 11.4 Å². The Labute approximate surface area is 116 Å². The molecule has 0 aliphatic heterocycles. The molecule has 17 heavy (non-hydrogen) atoms. The maximum Gasteiger partial charge on any atom is 0.314 e. The van der Waals surface area contributed by atoms with Gasteiger partial charge in [0, 0.05) is 3.57 Å². The molecule has 2 unspecified atom stereocenters. The van der Waals surface area contributed by atoms with Crippen LogP contribution in [0.15, 0.2) is 24.3 Å². The first kappa shape index (κ1) is 12.9. The molecule has 3 heteroatoms. The van der Waals surface area contributed by atoms with Crippen LogP contribution in [0.3, 0.4) is 0 Å². The second kappa shape index (κ2) is 3.97. The fourth-order valence-electron chi connectivity index (χ4n) is 2.73. The van der Waals surface area contributed by atoms with Gasteiger partial charge in [-0.25, -0.2) is 0 Å². The van der Waals surface area contributed by atoms with Gasteiger partial charge in [-0.2, -0.15) is 0 Å². The van der Waals surface area contributed by atoms with Crippen LogP contribution >= 0.6 is 22.6 Å². The summed E-state index contributed by atoms with van der Waals surface area (Å²) in [6, 6.07) is 7.89. The van der Waals surface area contributed by atoms with Gasteiger partial charge in [0.15, 0.2) is 0 Å². The second-order valence-electron chi connectivity index (χ2n) is 5.91. The third kappa shape index (κ3) is 2.09. The Kier molecular flexibility index (Phi) is 3.00. The first-order chi connectivity index (χ1) is 7.78. The predicted molar refractivity (Wildman–Crippen MR) is 76.0 cm³/mol. The van der Waals surface area contributed by atoms with Crippen molar-refractivity contribution in [1.82, 2.24) is 0 Å². The Hall–Kier alpha value is -0.580. The molecular weight excluding hydrogens is 327 g/mol. The van der Waals surface area contributed by atoms with Crippen molar-refractivity contribution in [1.29, 1.82) is 0 Å². The summed E-state index contributed by atoms with van der Waals surface area (Å²) in [7, 11) is 0. The molecule has 92 valence electrons. The van der Waals surface area contributed by atoms with E-state index in [0.717, 1.165) is 15.6 Å². The van der Waals surface area contributed by atoms with Gasteiger partial charge in [0.05, 0.1) is 5.41 Å². The van der Waals surface area contributed by atoms with Crippen LogP contribution in [-0.4, -0.2) is 11.1 Å². The third-order valence-electron chi connectivity index (χ3n) is 3.75. The van der Waals surface area contributed by atoms with E-state index in [2.05, 4.69) is 43.4 Å². The molecule has 1 aliphatic rings. The van der Waals surface area contributed by atoms with E-state index in [-0.39, 0.29) is 11.3 Å². The number of aliphatic carboxylic acids is 1. The van der Waals surface area contributed by atoms with Gasteiger partial charge < -0.3 is 5.11 Å². The normalized spacial score (nSPS) is 27.9. The lowest BCUT2D eigenvalue weighted by molar-refractivity contribution is -0.141. The van der Waals surface area contributed by atoms with Crippen LogP contribution in [-0.2, 0) is 10.2 Å². The molecule has 1 aliphatic carbocycles. The van der Waals surface area contributed by atoms with E-state index >= 15 is 0 Å². The van der Waals surface area contributed by atoms with Gasteiger partial charge in [0.1, 0.15) is 0 Å². The number of benzene rings is 1. The Bertz CT molecular complexity index is 444. The first-order valence-electron chi connectivity index (χ1n) is 5.78. The molecule has 2 atom stereocenters. The van der Waals surface area contributed by atoms with Crippen molar-refractivity contribution < 1.29 is 9.90 Å². The van der Waals surface area contributed by atoms with Crippen LogP contribution in [0.1, 0.15) is 32.8 Å². The third-order valence-corrected chi connectivity index (χ3v) is 4.47. The molecule has 0 spiro atoms. The van der Waals surface area contributed by atoms with E-state index in [9.17, 15) is 9.90 Å². The zero-order chi connectivity index (χ0) is 12.8. The summed E-state index contributed by atoms with van der Waals surface area (Å²) in [4.78, 5) is 11.6. The molecule has 0 heterocycles. The minimum Gasteiger partial charge on any atom is -0.481 e. The number of rotatable bonds is 2. The first-order valence-corrected chi connectivity index (χ1v) is 6.86. The smallest absolute Gasteiger partial charge is 0.314 e. The van der Waals surface area contributed by atoms with Crippen LogP contribution in [0.25, 0.3) is 0 Å². The van der Waals surface area contributed by atoms with Crippen molar-refractivity contribution in [3.63, 3.8) is 0 Å². The highest BCUT2D eigenvalue weighted by Gasteiger charge is 2.65. The Morgan fingerprint density at radius 1 is 1.35 bits per heavy atom. The molecule has 1 N–H and O–H groups in total. The summed E-state index contributed by atoms with van der Waals surface area (Å²) in [5.74, 6) is -0.453. The summed E-state index contributed by atoms with van der Waals surface area (Å²) in [5, 5.41) is 9.56. The topological polar surface area (TPSA) is 37.3 Å². The van der Waals surface area contributed by atoms with E-state index in [1.807, 2.05) is 24.3 Å². The van der Waals surface area contributed by atoms with Gasteiger partial charge in [-0.3, -0.25) is 4.79 Å². The summed E-state index contributed by atoms with van der Waals surface area (Å²) in [6.45, 7) is 6.36. The predicted octanol–water partition coefficient (Wildman–Crippen LogP) is 3.68. The van der Waals surface area contributed by atoms with Gasteiger partial charge in [-0.05, 0) is 58.0 Å². The second-order valence-corrected chi connectivity index (χ2v) is 7.15. The highest BCUT2D eigenvalue weighted by molar-refractivity contribution is 14.1. The SMILES string of the molecule is CC(C)(C)C1CC1(C(=O)O)c1ccc(I)cc1. The number of carboxylic acid groups (broad SMARTS) is 1. The van der Waals surface area contributed by atoms with Crippen molar-refractivity contribution in [2.24, 2.45) is 11.3 Å². The lowest BCUT2D eigenvalue weighted by atomic mass is 9.81. The fourth-order valence-corrected chi connectivity index (χ4v) is 3.09. The zero-order valence-corrected chi connectivity index (χ0v) is 12.5. The van der Waals surface area contributed by atoms with Gasteiger partial charge >= 0.3 is 5.97 Å². The van der Waals surface area contributed by atoms with Crippen molar-refractivity contribution in [2.45, 2.75) is 32.6 Å². The highest BCUT2D eigenvalue weighted by atomic mass is 127. The lowest BCUT2D eigenvalue weighted by Crippen LogP contribution is -2.27. The van der Waals surface area contributed by atoms with Crippen molar-refractivity contribution in [2.75, 3.05) is 0 Å². The average molecular weight is 344 g/mol. The number of hydrogen-bond acceptors (Lipinski definition) is 1. The lowest BCUT2D eigenvalue weighted by Gasteiger charge is -2.22.